The molecule has 2 rings (SSSR count). The molecule has 1 aromatic carbocycles. The molecule has 20 heavy (non-hydrogen) atoms. The van der Waals surface area contributed by atoms with Crippen LogP contribution in [0.3, 0.4) is 0 Å². The minimum absolute atomic E-state index is 0.0660. The fraction of sp³-hybridized carbons (Fsp3) is 0.200. The summed E-state index contributed by atoms with van der Waals surface area (Å²) in [6.45, 7) is 0.386. The van der Waals surface area contributed by atoms with Gasteiger partial charge in [0.1, 0.15) is 5.76 Å². The summed E-state index contributed by atoms with van der Waals surface area (Å²) in [5, 5.41) is 11.6. The van der Waals surface area contributed by atoms with Gasteiger partial charge in [0.2, 0.25) is 5.91 Å². The lowest BCUT2D eigenvalue weighted by Crippen LogP contribution is -2.22. The van der Waals surface area contributed by atoms with Crippen LogP contribution in [0.25, 0.3) is 0 Å². The molecule has 0 atom stereocenters. The first-order valence-electron chi connectivity index (χ1n) is 6.26. The highest BCUT2D eigenvalue weighted by Crippen LogP contribution is 2.06. The fourth-order valence-corrected chi connectivity index (χ4v) is 1.75. The number of carbonyl (C=O) groups excluding carboxylic acids is 1. The number of carboxylic acids is 1. The summed E-state index contributed by atoms with van der Waals surface area (Å²) in [4.78, 5) is 22.3. The molecule has 1 aromatic heterocycles. The van der Waals surface area contributed by atoms with Crippen LogP contribution in [0.15, 0.2) is 47.1 Å². The highest BCUT2D eigenvalue weighted by molar-refractivity contribution is 5.87. The Morgan fingerprint density at radius 3 is 2.50 bits per heavy atom. The SMILES string of the molecule is O=C(CCc1ccco1)NCc1ccc(C(=O)O)cc1. The molecule has 0 fully saturated rings. The summed E-state index contributed by atoms with van der Waals surface area (Å²) < 4.78 is 5.15. The monoisotopic (exact) mass is 273 g/mol. The van der Waals surface area contributed by atoms with Crippen molar-refractivity contribution in [1.82, 2.24) is 5.32 Å². The largest absolute Gasteiger partial charge is 0.478 e. The van der Waals surface area contributed by atoms with E-state index in [1.54, 1.807) is 24.5 Å². The van der Waals surface area contributed by atoms with Crippen molar-refractivity contribution >= 4 is 11.9 Å². The van der Waals surface area contributed by atoms with Gasteiger partial charge in [0.25, 0.3) is 0 Å². The third-order valence-corrected chi connectivity index (χ3v) is 2.87. The normalized spacial score (nSPS) is 10.2. The number of carboxylic acid groups (broad SMARTS) is 1. The highest BCUT2D eigenvalue weighted by Gasteiger charge is 2.05. The molecule has 1 amide bonds. The quantitative estimate of drug-likeness (QED) is 0.845. The van der Waals surface area contributed by atoms with E-state index in [2.05, 4.69) is 5.32 Å². The molecular formula is C15H15NO4. The summed E-state index contributed by atoms with van der Waals surface area (Å²) >= 11 is 0. The molecule has 0 aliphatic carbocycles. The van der Waals surface area contributed by atoms with Gasteiger partial charge < -0.3 is 14.8 Å². The van der Waals surface area contributed by atoms with Crippen LogP contribution in [0, 0.1) is 0 Å². The van der Waals surface area contributed by atoms with Gasteiger partial charge in [-0.2, -0.15) is 0 Å². The second-order valence-corrected chi connectivity index (χ2v) is 4.36. The minimum Gasteiger partial charge on any atom is -0.478 e. The number of aromatic carboxylic acids is 1. The number of carbonyl (C=O) groups is 2. The molecule has 0 spiro atoms. The molecule has 0 aliphatic rings. The van der Waals surface area contributed by atoms with Crippen molar-refractivity contribution in [1.29, 1.82) is 0 Å². The average molecular weight is 273 g/mol. The van der Waals surface area contributed by atoms with Crippen molar-refractivity contribution in [3.05, 3.63) is 59.5 Å². The Kier molecular flexibility index (Phi) is 4.55. The Labute approximate surface area is 116 Å². The molecule has 5 nitrogen and oxygen atoms in total. The van der Waals surface area contributed by atoms with Gasteiger partial charge in [0.05, 0.1) is 11.8 Å². The van der Waals surface area contributed by atoms with Crippen molar-refractivity contribution in [3.63, 3.8) is 0 Å². The molecule has 0 aliphatic heterocycles. The number of furan rings is 1. The Morgan fingerprint density at radius 1 is 1.15 bits per heavy atom. The summed E-state index contributed by atoms with van der Waals surface area (Å²) in [6.07, 6.45) is 2.51. The number of rotatable bonds is 6. The molecule has 0 bridgehead atoms. The number of aryl methyl sites for hydroxylation is 1. The van der Waals surface area contributed by atoms with E-state index in [0.29, 0.717) is 19.4 Å². The van der Waals surface area contributed by atoms with E-state index in [1.165, 1.54) is 12.1 Å². The minimum atomic E-state index is -0.959. The van der Waals surface area contributed by atoms with Crippen molar-refractivity contribution < 1.29 is 19.1 Å². The second kappa shape index (κ2) is 6.56. The van der Waals surface area contributed by atoms with E-state index in [-0.39, 0.29) is 11.5 Å². The van der Waals surface area contributed by atoms with Gasteiger partial charge in [-0.3, -0.25) is 4.79 Å². The van der Waals surface area contributed by atoms with E-state index < -0.39 is 5.97 Å². The molecule has 0 unspecified atom stereocenters. The van der Waals surface area contributed by atoms with Gasteiger partial charge in [-0.1, -0.05) is 12.1 Å². The summed E-state index contributed by atoms with van der Waals surface area (Å²) in [5.41, 5.74) is 1.10. The first-order valence-corrected chi connectivity index (χ1v) is 6.26. The van der Waals surface area contributed by atoms with Crippen LogP contribution in [0.5, 0.6) is 0 Å². The van der Waals surface area contributed by atoms with Crippen LogP contribution in [-0.4, -0.2) is 17.0 Å². The highest BCUT2D eigenvalue weighted by atomic mass is 16.4. The molecule has 0 radical (unpaired) electrons. The lowest BCUT2D eigenvalue weighted by Gasteiger charge is -2.05. The maximum atomic E-state index is 11.6. The third kappa shape index (κ3) is 3.98. The van der Waals surface area contributed by atoms with Crippen molar-refractivity contribution in [3.8, 4) is 0 Å². The molecule has 5 heteroatoms. The van der Waals surface area contributed by atoms with Crippen LogP contribution in [0.1, 0.15) is 28.1 Å². The van der Waals surface area contributed by atoms with Gasteiger partial charge in [-0.25, -0.2) is 4.79 Å². The Bertz CT molecular complexity index is 572. The second-order valence-electron chi connectivity index (χ2n) is 4.36. The number of nitrogens with one attached hydrogen (secondary N) is 1. The Balaban J connectivity index is 1.76. The van der Waals surface area contributed by atoms with E-state index in [1.807, 2.05) is 6.07 Å². The van der Waals surface area contributed by atoms with Crippen LogP contribution >= 0.6 is 0 Å². The Morgan fingerprint density at radius 2 is 1.90 bits per heavy atom. The molecular weight excluding hydrogens is 258 g/mol. The fourth-order valence-electron chi connectivity index (χ4n) is 1.75. The predicted octanol–water partition coefficient (Wildman–Crippen LogP) is 2.23. The maximum Gasteiger partial charge on any atom is 0.335 e. The molecule has 2 aromatic rings. The van der Waals surface area contributed by atoms with E-state index in [4.69, 9.17) is 9.52 Å². The molecule has 0 saturated carbocycles. The predicted molar refractivity (Wildman–Crippen MR) is 72.3 cm³/mol. The van der Waals surface area contributed by atoms with E-state index in [9.17, 15) is 9.59 Å². The molecule has 2 N–H and O–H groups in total. The average Bonchev–Trinajstić information content (AvgIpc) is 2.96. The number of hydrogen-bond acceptors (Lipinski definition) is 3. The zero-order valence-corrected chi connectivity index (χ0v) is 10.8. The molecule has 1 heterocycles. The maximum absolute atomic E-state index is 11.6. The molecule has 0 saturated heterocycles. The van der Waals surface area contributed by atoms with E-state index >= 15 is 0 Å². The van der Waals surface area contributed by atoms with Gasteiger partial charge in [0, 0.05) is 19.4 Å². The topological polar surface area (TPSA) is 79.5 Å². The van der Waals surface area contributed by atoms with Crippen LogP contribution in [0.4, 0.5) is 0 Å². The Hall–Kier alpha value is -2.56. The molecule has 104 valence electrons. The zero-order valence-electron chi connectivity index (χ0n) is 10.8. The van der Waals surface area contributed by atoms with Crippen molar-refractivity contribution in [2.45, 2.75) is 19.4 Å². The number of amides is 1. The summed E-state index contributed by atoms with van der Waals surface area (Å²) in [5.74, 6) is -0.242. The summed E-state index contributed by atoms with van der Waals surface area (Å²) in [7, 11) is 0. The lowest BCUT2D eigenvalue weighted by atomic mass is 10.1. The van der Waals surface area contributed by atoms with Gasteiger partial charge >= 0.3 is 5.97 Å². The number of hydrogen-bond donors (Lipinski definition) is 2. The smallest absolute Gasteiger partial charge is 0.335 e. The van der Waals surface area contributed by atoms with Crippen LogP contribution < -0.4 is 5.32 Å². The van der Waals surface area contributed by atoms with Gasteiger partial charge in [-0.15, -0.1) is 0 Å². The van der Waals surface area contributed by atoms with Crippen molar-refractivity contribution in [2.24, 2.45) is 0 Å². The first-order chi connectivity index (χ1) is 9.65. The summed E-state index contributed by atoms with van der Waals surface area (Å²) in [6, 6.07) is 10.0. The van der Waals surface area contributed by atoms with Crippen LogP contribution in [0.2, 0.25) is 0 Å². The van der Waals surface area contributed by atoms with Crippen LogP contribution in [-0.2, 0) is 17.8 Å². The van der Waals surface area contributed by atoms with E-state index in [0.717, 1.165) is 11.3 Å². The van der Waals surface area contributed by atoms with Gasteiger partial charge in [0.15, 0.2) is 0 Å². The standard InChI is InChI=1S/C15H15NO4/c17-14(8-7-13-2-1-9-20-13)16-10-11-3-5-12(6-4-11)15(18)19/h1-6,9H,7-8,10H2,(H,16,17)(H,18,19). The van der Waals surface area contributed by atoms with Crippen molar-refractivity contribution in [2.75, 3.05) is 0 Å². The third-order valence-electron chi connectivity index (χ3n) is 2.87. The van der Waals surface area contributed by atoms with Gasteiger partial charge in [-0.05, 0) is 29.8 Å². The number of benzene rings is 1. The first kappa shape index (κ1) is 13.9. The zero-order chi connectivity index (χ0) is 14.4. The lowest BCUT2D eigenvalue weighted by molar-refractivity contribution is -0.121.